The number of hydrogen-bond acceptors (Lipinski definition) is 5. The monoisotopic (exact) mass is 318 g/mol. The van der Waals surface area contributed by atoms with Crippen LogP contribution in [-0.2, 0) is 10.0 Å². The molecule has 0 aliphatic carbocycles. The van der Waals surface area contributed by atoms with Crippen molar-refractivity contribution in [2.45, 2.75) is 11.8 Å². The second-order valence-corrected chi connectivity index (χ2v) is 6.42. The number of aryl methyl sites for hydroxylation is 1. The number of benzene rings is 1. The molecule has 1 aromatic carbocycles. The maximum Gasteiger partial charge on any atom is 0.265 e. The number of sulfonamides is 1. The van der Waals surface area contributed by atoms with Crippen LogP contribution in [0.1, 0.15) is 5.56 Å². The van der Waals surface area contributed by atoms with Crippen molar-refractivity contribution in [3.8, 4) is 5.75 Å². The minimum absolute atomic E-state index is 0.0962. The molecule has 0 radical (unpaired) electrons. The van der Waals surface area contributed by atoms with Gasteiger partial charge in [-0.15, -0.1) is 10.2 Å². The largest absolute Gasteiger partial charge is 0.495 e. The molecule has 0 aliphatic heterocycles. The van der Waals surface area contributed by atoms with Gasteiger partial charge in [0.25, 0.3) is 10.0 Å². The first-order valence-corrected chi connectivity index (χ1v) is 7.95. The average molecular weight is 318 g/mol. The topological polar surface area (TPSA) is 85.6 Å². The molecule has 2 aromatic heterocycles. The highest BCUT2D eigenvalue weighted by Gasteiger charge is 2.20. The lowest BCUT2D eigenvalue weighted by atomic mass is 10.2. The molecule has 0 unspecified atom stereocenters. The molecule has 0 spiro atoms. The van der Waals surface area contributed by atoms with Crippen LogP contribution in [0.5, 0.6) is 5.75 Å². The fourth-order valence-electron chi connectivity index (χ4n) is 2.09. The molecule has 0 atom stereocenters. The van der Waals surface area contributed by atoms with E-state index in [-0.39, 0.29) is 4.90 Å². The fourth-order valence-corrected chi connectivity index (χ4v) is 3.39. The van der Waals surface area contributed by atoms with E-state index in [0.29, 0.717) is 17.1 Å². The van der Waals surface area contributed by atoms with Crippen molar-refractivity contribution in [2.24, 2.45) is 0 Å². The summed E-state index contributed by atoms with van der Waals surface area (Å²) in [5.41, 5.74) is 1.88. The molecule has 0 aliphatic rings. The molecule has 3 rings (SSSR count). The average Bonchev–Trinajstić information content (AvgIpc) is 2.94. The predicted octanol–water partition coefficient (Wildman–Crippen LogP) is 1.85. The Morgan fingerprint density at radius 1 is 1.23 bits per heavy atom. The van der Waals surface area contributed by atoms with Crippen LogP contribution in [0.25, 0.3) is 5.65 Å². The van der Waals surface area contributed by atoms with Crippen molar-refractivity contribution >= 4 is 21.4 Å². The quantitative estimate of drug-likeness (QED) is 0.793. The molecule has 0 amide bonds. The van der Waals surface area contributed by atoms with Gasteiger partial charge < -0.3 is 4.74 Å². The lowest BCUT2D eigenvalue weighted by Crippen LogP contribution is -2.14. The summed E-state index contributed by atoms with van der Waals surface area (Å²) in [6.45, 7) is 1.82. The van der Waals surface area contributed by atoms with E-state index in [4.69, 9.17) is 4.74 Å². The number of fused-ring (bicyclic) bond motifs is 1. The number of aromatic nitrogens is 3. The molecule has 2 heterocycles. The van der Waals surface area contributed by atoms with Crippen molar-refractivity contribution in [3.63, 3.8) is 0 Å². The minimum atomic E-state index is -3.76. The van der Waals surface area contributed by atoms with Crippen LogP contribution in [0.4, 0.5) is 5.69 Å². The van der Waals surface area contributed by atoms with Crippen LogP contribution in [0.3, 0.4) is 0 Å². The Morgan fingerprint density at radius 3 is 2.82 bits per heavy atom. The van der Waals surface area contributed by atoms with Crippen LogP contribution in [0, 0.1) is 6.92 Å². The van der Waals surface area contributed by atoms with E-state index in [1.807, 2.05) is 6.92 Å². The highest BCUT2D eigenvalue weighted by Crippen LogP contribution is 2.26. The smallest absolute Gasteiger partial charge is 0.265 e. The van der Waals surface area contributed by atoms with Crippen LogP contribution in [0.15, 0.2) is 47.8 Å². The molecular formula is C14H14N4O3S. The molecule has 0 bridgehead atoms. The molecular weight excluding hydrogens is 304 g/mol. The normalized spacial score (nSPS) is 11.5. The van der Waals surface area contributed by atoms with Gasteiger partial charge in [0.15, 0.2) is 5.65 Å². The number of ether oxygens (including phenoxy) is 1. The maximum atomic E-state index is 12.6. The first-order chi connectivity index (χ1) is 10.5. The van der Waals surface area contributed by atoms with Crippen molar-refractivity contribution in [1.29, 1.82) is 0 Å². The molecule has 8 heteroatoms. The maximum absolute atomic E-state index is 12.6. The highest BCUT2D eigenvalue weighted by atomic mass is 32.2. The van der Waals surface area contributed by atoms with Gasteiger partial charge in [0, 0.05) is 6.20 Å². The van der Waals surface area contributed by atoms with Gasteiger partial charge in [0.1, 0.15) is 17.0 Å². The lowest BCUT2D eigenvalue weighted by Gasteiger charge is -2.12. The zero-order chi connectivity index (χ0) is 15.7. The summed E-state index contributed by atoms with van der Waals surface area (Å²) >= 11 is 0. The molecule has 0 fully saturated rings. The van der Waals surface area contributed by atoms with Crippen molar-refractivity contribution in [3.05, 3.63) is 48.4 Å². The number of anilines is 1. The Bertz CT molecular complexity index is 934. The van der Waals surface area contributed by atoms with Gasteiger partial charge >= 0.3 is 0 Å². The summed E-state index contributed by atoms with van der Waals surface area (Å²) in [5.74, 6) is 0.295. The van der Waals surface area contributed by atoms with Crippen LogP contribution in [-0.4, -0.2) is 30.1 Å². The number of nitrogens with one attached hydrogen (secondary N) is 1. The van der Waals surface area contributed by atoms with Crippen LogP contribution in [0.2, 0.25) is 0 Å². The molecule has 7 nitrogen and oxygen atoms in total. The van der Waals surface area contributed by atoms with E-state index < -0.39 is 10.0 Å². The van der Waals surface area contributed by atoms with E-state index in [1.165, 1.54) is 13.4 Å². The summed E-state index contributed by atoms with van der Waals surface area (Å²) in [6.07, 6.45) is 3.11. The SMILES string of the molecule is COc1ccc(C)cc1S(=O)(=O)Nc1ccc2nncn2c1. The second kappa shape index (κ2) is 5.30. The standard InChI is InChI=1S/C14H14N4O3S/c1-10-3-5-12(21-2)13(7-10)22(19,20)17-11-4-6-14-16-15-9-18(14)8-11/h3-9,17H,1-2H3. The van der Waals surface area contributed by atoms with Crippen molar-refractivity contribution in [2.75, 3.05) is 11.8 Å². The van der Waals surface area contributed by atoms with E-state index in [0.717, 1.165) is 5.56 Å². The van der Waals surface area contributed by atoms with Gasteiger partial charge in [-0.3, -0.25) is 9.12 Å². The molecule has 0 saturated heterocycles. The van der Waals surface area contributed by atoms with Crippen LogP contribution >= 0.6 is 0 Å². The lowest BCUT2D eigenvalue weighted by molar-refractivity contribution is 0.402. The Hall–Kier alpha value is -2.61. The molecule has 1 N–H and O–H groups in total. The fraction of sp³-hybridized carbons (Fsp3) is 0.143. The van der Waals surface area contributed by atoms with Gasteiger partial charge in [-0.2, -0.15) is 0 Å². The Kier molecular flexibility index (Phi) is 3.45. The van der Waals surface area contributed by atoms with Gasteiger partial charge in [0.05, 0.1) is 12.8 Å². The van der Waals surface area contributed by atoms with Gasteiger partial charge in [-0.1, -0.05) is 6.07 Å². The Balaban J connectivity index is 2.01. The zero-order valence-corrected chi connectivity index (χ0v) is 12.8. The molecule has 0 saturated carbocycles. The molecule has 22 heavy (non-hydrogen) atoms. The number of hydrogen-bond donors (Lipinski definition) is 1. The van der Waals surface area contributed by atoms with E-state index in [1.54, 1.807) is 40.9 Å². The number of nitrogens with zero attached hydrogens (tertiary/aromatic N) is 3. The summed E-state index contributed by atoms with van der Waals surface area (Å²) in [7, 11) is -2.32. The zero-order valence-electron chi connectivity index (χ0n) is 12.0. The first-order valence-electron chi connectivity index (χ1n) is 6.46. The van der Waals surface area contributed by atoms with Crippen molar-refractivity contribution in [1.82, 2.24) is 14.6 Å². The summed E-state index contributed by atoms with van der Waals surface area (Å²) in [6, 6.07) is 8.30. The molecule has 114 valence electrons. The number of rotatable bonds is 4. The second-order valence-electron chi connectivity index (χ2n) is 4.77. The third-order valence-corrected chi connectivity index (χ3v) is 4.55. The summed E-state index contributed by atoms with van der Waals surface area (Å²) in [4.78, 5) is 0.0962. The third kappa shape index (κ3) is 2.60. The van der Waals surface area contributed by atoms with E-state index in [9.17, 15) is 8.42 Å². The van der Waals surface area contributed by atoms with E-state index in [2.05, 4.69) is 14.9 Å². The molecule has 3 aromatic rings. The number of pyridine rings is 1. The first kappa shape index (κ1) is 14.3. The highest BCUT2D eigenvalue weighted by molar-refractivity contribution is 7.92. The van der Waals surface area contributed by atoms with Gasteiger partial charge in [-0.05, 0) is 36.8 Å². The summed E-state index contributed by atoms with van der Waals surface area (Å²) in [5, 5.41) is 7.62. The van der Waals surface area contributed by atoms with Gasteiger partial charge in [-0.25, -0.2) is 8.42 Å². The number of methoxy groups -OCH3 is 1. The van der Waals surface area contributed by atoms with Crippen molar-refractivity contribution < 1.29 is 13.2 Å². The minimum Gasteiger partial charge on any atom is -0.495 e. The van der Waals surface area contributed by atoms with Gasteiger partial charge in [0.2, 0.25) is 0 Å². The third-order valence-electron chi connectivity index (χ3n) is 3.15. The Morgan fingerprint density at radius 2 is 2.05 bits per heavy atom. The Labute approximate surface area is 127 Å². The summed E-state index contributed by atoms with van der Waals surface area (Å²) < 4.78 is 34.5. The van der Waals surface area contributed by atoms with Crippen LogP contribution < -0.4 is 9.46 Å². The van der Waals surface area contributed by atoms with E-state index >= 15 is 0 Å². The predicted molar refractivity (Wildman–Crippen MR) is 81.5 cm³/mol.